The summed E-state index contributed by atoms with van der Waals surface area (Å²) in [7, 11) is 0. The van der Waals surface area contributed by atoms with Crippen molar-refractivity contribution in [2.75, 3.05) is 0 Å². The Morgan fingerprint density at radius 3 is 2.37 bits per heavy atom. The summed E-state index contributed by atoms with van der Waals surface area (Å²) in [5, 5.41) is 20.5. The summed E-state index contributed by atoms with van der Waals surface area (Å²) in [6.07, 6.45) is 6.03. The van der Waals surface area contributed by atoms with E-state index >= 15 is 0 Å². The first-order valence-corrected chi connectivity index (χ1v) is 7.58. The van der Waals surface area contributed by atoms with Crippen molar-refractivity contribution in [2.45, 2.75) is 57.7 Å². The van der Waals surface area contributed by atoms with Gasteiger partial charge in [-0.15, -0.1) is 0 Å². The van der Waals surface area contributed by atoms with Gasteiger partial charge >= 0.3 is 0 Å². The van der Waals surface area contributed by atoms with Gasteiger partial charge in [0.05, 0.1) is 12.2 Å². The molecule has 0 radical (unpaired) electrons. The van der Waals surface area contributed by atoms with Gasteiger partial charge in [0, 0.05) is 0 Å². The molecular formula is C17H26O2. The quantitative estimate of drug-likeness (QED) is 0.821. The summed E-state index contributed by atoms with van der Waals surface area (Å²) < 4.78 is 0. The minimum atomic E-state index is -0.473. The van der Waals surface area contributed by atoms with Crippen molar-refractivity contribution in [2.24, 2.45) is 11.8 Å². The van der Waals surface area contributed by atoms with Crippen molar-refractivity contribution < 1.29 is 10.2 Å². The minimum absolute atomic E-state index is 0.0961. The van der Waals surface area contributed by atoms with E-state index in [2.05, 4.69) is 0 Å². The van der Waals surface area contributed by atoms with E-state index in [9.17, 15) is 10.2 Å². The normalized spacial score (nSPS) is 21.2. The lowest BCUT2D eigenvalue weighted by Gasteiger charge is -2.23. The highest BCUT2D eigenvalue weighted by Crippen LogP contribution is 2.31. The van der Waals surface area contributed by atoms with Gasteiger partial charge in [-0.1, -0.05) is 62.9 Å². The molecule has 0 amide bonds. The van der Waals surface area contributed by atoms with Crippen LogP contribution in [0.15, 0.2) is 30.3 Å². The van der Waals surface area contributed by atoms with Gasteiger partial charge in [-0.3, -0.25) is 0 Å². The fraction of sp³-hybridized carbons (Fsp3) is 0.647. The lowest BCUT2D eigenvalue weighted by molar-refractivity contribution is 0.0585. The third-order valence-electron chi connectivity index (χ3n) is 4.40. The maximum absolute atomic E-state index is 10.3. The van der Waals surface area contributed by atoms with Gasteiger partial charge < -0.3 is 10.2 Å². The summed E-state index contributed by atoms with van der Waals surface area (Å²) >= 11 is 0. The number of rotatable bonds is 6. The third kappa shape index (κ3) is 4.32. The lowest BCUT2D eigenvalue weighted by atomic mass is 9.89. The van der Waals surface area contributed by atoms with Crippen molar-refractivity contribution in [3.8, 4) is 0 Å². The number of hydrogen-bond donors (Lipinski definition) is 2. The van der Waals surface area contributed by atoms with Crippen molar-refractivity contribution >= 4 is 0 Å². The average Bonchev–Trinajstić information content (AvgIpc) is 2.91. The second-order valence-corrected chi connectivity index (χ2v) is 6.11. The first-order valence-electron chi connectivity index (χ1n) is 7.58. The first-order chi connectivity index (χ1) is 9.16. The van der Waals surface area contributed by atoms with E-state index in [-0.39, 0.29) is 12.0 Å². The smallest absolute Gasteiger partial charge is 0.0816 e. The fourth-order valence-electron chi connectivity index (χ4n) is 3.26. The van der Waals surface area contributed by atoms with Gasteiger partial charge in [0.1, 0.15) is 0 Å². The molecule has 2 N–H and O–H groups in total. The molecule has 3 unspecified atom stereocenters. The maximum atomic E-state index is 10.3. The van der Waals surface area contributed by atoms with Crippen LogP contribution >= 0.6 is 0 Å². The van der Waals surface area contributed by atoms with Crippen LogP contribution in [0.4, 0.5) is 0 Å². The Morgan fingerprint density at radius 1 is 1.11 bits per heavy atom. The van der Waals surface area contributed by atoms with Crippen LogP contribution in [0.3, 0.4) is 0 Å². The zero-order valence-electron chi connectivity index (χ0n) is 11.8. The zero-order valence-corrected chi connectivity index (χ0v) is 11.8. The molecule has 1 aromatic rings. The van der Waals surface area contributed by atoms with Crippen LogP contribution in [0.25, 0.3) is 0 Å². The first kappa shape index (κ1) is 14.5. The van der Waals surface area contributed by atoms with E-state index in [1.807, 2.05) is 37.3 Å². The highest BCUT2D eigenvalue weighted by atomic mass is 16.3. The molecule has 3 atom stereocenters. The largest absolute Gasteiger partial charge is 0.393 e. The summed E-state index contributed by atoms with van der Waals surface area (Å²) in [5.74, 6) is 0.801. The molecular weight excluding hydrogens is 236 g/mol. The van der Waals surface area contributed by atoms with Crippen molar-refractivity contribution in [3.05, 3.63) is 35.9 Å². The molecule has 1 aromatic carbocycles. The van der Waals surface area contributed by atoms with Crippen LogP contribution in [-0.2, 0) is 0 Å². The molecule has 2 nitrogen and oxygen atoms in total. The molecule has 2 rings (SSSR count). The van der Waals surface area contributed by atoms with Crippen molar-refractivity contribution in [1.29, 1.82) is 0 Å². The minimum Gasteiger partial charge on any atom is -0.393 e. The molecule has 0 spiro atoms. The van der Waals surface area contributed by atoms with E-state index < -0.39 is 6.10 Å². The Labute approximate surface area is 116 Å². The molecule has 0 aromatic heterocycles. The van der Waals surface area contributed by atoms with Gasteiger partial charge in [0.15, 0.2) is 0 Å². The number of aliphatic hydroxyl groups excluding tert-OH is 2. The molecule has 1 aliphatic rings. The van der Waals surface area contributed by atoms with E-state index in [0.29, 0.717) is 12.3 Å². The molecule has 0 bridgehead atoms. The maximum Gasteiger partial charge on any atom is 0.0816 e. The average molecular weight is 262 g/mol. The second-order valence-electron chi connectivity index (χ2n) is 6.11. The predicted octanol–water partition coefficient (Wildman–Crippen LogP) is 3.69. The predicted molar refractivity (Wildman–Crippen MR) is 77.8 cm³/mol. The van der Waals surface area contributed by atoms with Gasteiger partial charge in [-0.2, -0.15) is 0 Å². The molecule has 1 aliphatic carbocycles. The van der Waals surface area contributed by atoms with Gasteiger partial charge in [-0.25, -0.2) is 0 Å². The third-order valence-corrected chi connectivity index (χ3v) is 4.40. The fourth-order valence-corrected chi connectivity index (χ4v) is 3.26. The Balaban J connectivity index is 1.80. The van der Waals surface area contributed by atoms with Gasteiger partial charge in [0.2, 0.25) is 0 Å². The molecule has 0 heterocycles. The molecule has 0 saturated heterocycles. The van der Waals surface area contributed by atoms with E-state index in [4.69, 9.17) is 0 Å². The Morgan fingerprint density at radius 2 is 1.74 bits per heavy atom. The molecule has 1 fully saturated rings. The molecule has 19 heavy (non-hydrogen) atoms. The number of aliphatic hydroxyl groups is 2. The van der Waals surface area contributed by atoms with Crippen molar-refractivity contribution in [1.82, 2.24) is 0 Å². The van der Waals surface area contributed by atoms with Gasteiger partial charge in [-0.05, 0) is 30.2 Å². The monoisotopic (exact) mass is 262 g/mol. The number of hydrogen-bond acceptors (Lipinski definition) is 2. The summed E-state index contributed by atoms with van der Waals surface area (Å²) in [6.45, 7) is 2.02. The van der Waals surface area contributed by atoms with E-state index in [0.717, 1.165) is 12.0 Å². The molecule has 106 valence electrons. The lowest BCUT2D eigenvalue weighted by Crippen LogP contribution is -2.19. The zero-order chi connectivity index (χ0) is 13.7. The molecule has 2 heteroatoms. The number of benzene rings is 1. The van der Waals surface area contributed by atoms with Gasteiger partial charge in [0.25, 0.3) is 0 Å². The summed E-state index contributed by atoms with van der Waals surface area (Å²) in [4.78, 5) is 0. The molecule has 0 aliphatic heterocycles. The van der Waals surface area contributed by atoms with Crippen LogP contribution in [0, 0.1) is 11.8 Å². The summed E-state index contributed by atoms with van der Waals surface area (Å²) in [5.41, 5.74) is 0.947. The Kier molecular flexibility index (Phi) is 5.41. The SMILES string of the molecule is CC(CC(O)CC1CCCC1)C(O)c1ccccc1. The van der Waals surface area contributed by atoms with Crippen LogP contribution in [0.5, 0.6) is 0 Å². The Bertz CT molecular complexity index is 357. The highest BCUT2D eigenvalue weighted by Gasteiger charge is 2.23. The highest BCUT2D eigenvalue weighted by molar-refractivity contribution is 5.17. The Hall–Kier alpha value is -0.860. The van der Waals surface area contributed by atoms with Crippen LogP contribution in [0.1, 0.15) is 57.1 Å². The van der Waals surface area contributed by atoms with Crippen LogP contribution in [-0.4, -0.2) is 16.3 Å². The summed E-state index contributed by atoms with van der Waals surface area (Å²) in [6, 6.07) is 9.74. The van der Waals surface area contributed by atoms with E-state index in [1.54, 1.807) is 0 Å². The topological polar surface area (TPSA) is 40.5 Å². The van der Waals surface area contributed by atoms with E-state index in [1.165, 1.54) is 25.7 Å². The van der Waals surface area contributed by atoms with Crippen molar-refractivity contribution in [3.63, 3.8) is 0 Å². The second kappa shape index (κ2) is 7.06. The standard InChI is InChI=1S/C17H26O2/c1-13(17(19)15-9-3-2-4-10-15)11-16(18)12-14-7-5-6-8-14/h2-4,9-10,13-14,16-19H,5-8,11-12H2,1H3. The van der Waals surface area contributed by atoms with Crippen LogP contribution < -0.4 is 0 Å². The molecule has 1 saturated carbocycles. The van der Waals surface area contributed by atoms with Crippen LogP contribution in [0.2, 0.25) is 0 Å².